The molecule has 0 saturated carbocycles. The topological polar surface area (TPSA) is 68.9 Å². The molecule has 11 heteroatoms. The molecule has 0 aromatic heterocycles. The van der Waals surface area contributed by atoms with Gasteiger partial charge in [-0.1, -0.05) is 6.07 Å². The number of amides is 1. The lowest BCUT2D eigenvalue weighted by atomic mass is 10.1. The Morgan fingerprint density at radius 2 is 1.82 bits per heavy atom. The Morgan fingerprint density at radius 1 is 1.12 bits per heavy atom. The zero-order valence-corrected chi connectivity index (χ0v) is 18.7. The van der Waals surface area contributed by atoms with E-state index in [2.05, 4.69) is 9.89 Å². The van der Waals surface area contributed by atoms with Crippen molar-refractivity contribution in [2.45, 2.75) is 6.18 Å². The van der Waals surface area contributed by atoms with Crippen molar-refractivity contribution >= 4 is 28.9 Å². The molecular formula is C23H18F4N4O2S. The number of nitriles is 1. The fourth-order valence-electron chi connectivity index (χ4n) is 3.40. The van der Waals surface area contributed by atoms with Crippen LogP contribution < -0.4 is 4.74 Å². The number of aliphatic imine (C=N–C) groups is 1. The number of nitrogens with zero attached hydrogens (tertiary/aromatic N) is 4. The van der Waals surface area contributed by atoms with Gasteiger partial charge in [-0.2, -0.15) is 23.4 Å². The smallest absolute Gasteiger partial charge is 0.420 e. The van der Waals surface area contributed by atoms with Gasteiger partial charge in [0, 0.05) is 26.2 Å². The number of carbonyl (C=O) groups excluding carboxylic acids is 1. The van der Waals surface area contributed by atoms with Gasteiger partial charge in [0.25, 0.3) is 5.91 Å². The van der Waals surface area contributed by atoms with Crippen molar-refractivity contribution < 1.29 is 27.1 Å². The summed E-state index contributed by atoms with van der Waals surface area (Å²) >= 11 is 1.21. The van der Waals surface area contributed by atoms with Crippen molar-refractivity contribution in [3.05, 3.63) is 63.8 Å². The van der Waals surface area contributed by atoms with Crippen LogP contribution in [0.1, 0.15) is 16.7 Å². The van der Waals surface area contributed by atoms with Gasteiger partial charge in [-0.15, -0.1) is 0 Å². The van der Waals surface area contributed by atoms with Crippen molar-refractivity contribution in [3.63, 3.8) is 0 Å². The van der Waals surface area contributed by atoms with Crippen LogP contribution in [0.15, 0.2) is 46.3 Å². The van der Waals surface area contributed by atoms with Crippen LogP contribution in [0.2, 0.25) is 0 Å². The quantitative estimate of drug-likeness (QED) is 0.458. The van der Waals surface area contributed by atoms with E-state index in [-0.39, 0.29) is 5.56 Å². The number of benzene rings is 2. The molecule has 0 unspecified atom stereocenters. The normalized spacial score (nSPS) is 18.2. The molecule has 0 atom stereocenters. The lowest BCUT2D eigenvalue weighted by Gasteiger charge is -2.32. The molecule has 2 aromatic carbocycles. The third-order valence-electron chi connectivity index (χ3n) is 5.27. The monoisotopic (exact) mass is 490 g/mol. The number of likely N-dealkylation sites (N-methyl/N-ethyl adjacent to an activating group) is 1. The molecule has 0 bridgehead atoms. The second-order valence-corrected chi connectivity index (χ2v) is 8.72. The van der Waals surface area contributed by atoms with E-state index >= 15 is 0 Å². The first-order chi connectivity index (χ1) is 16.1. The zero-order valence-electron chi connectivity index (χ0n) is 17.9. The van der Waals surface area contributed by atoms with E-state index in [1.807, 2.05) is 11.9 Å². The molecule has 1 saturated heterocycles. The number of hydrogen-bond acceptors (Lipinski definition) is 6. The summed E-state index contributed by atoms with van der Waals surface area (Å²) in [7, 11) is 2.02. The number of alkyl halides is 3. The highest BCUT2D eigenvalue weighted by atomic mass is 32.2. The van der Waals surface area contributed by atoms with Crippen LogP contribution in [0.4, 0.5) is 17.6 Å². The fourth-order valence-corrected chi connectivity index (χ4v) is 4.37. The lowest BCUT2D eigenvalue weighted by Crippen LogP contribution is -2.46. The van der Waals surface area contributed by atoms with E-state index in [1.165, 1.54) is 30.0 Å². The molecule has 2 aromatic rings. The Labute approximate surface area is 197 Å². The maximum atomic E-state index is 14.7. The molecule has 4 rings (SSSR count). The summed E-state index contributed by atoms with van der Waals surface area (Å²) in [5.41, 5.74) is -1.04. The SMILES string of the molecule is CN1CCN(C2=NC(=O)/C(=C\c3ccc(Oc4ccc(C#N)cc4C(F)(F)F)c(F)c3)S2)CC1. The summed E-state index contributed by atoms with van der Waals surface area (Å²) in [5.74, 6) is -2.37. The second kappa shape index (κ2) is 9.48. The highest BCUT2D eigenvalue weighted by molar-refractivity contribution is 8.18. The molecule has 2 aliphatic heterocycles. The number of ether oxygens (including phenoxy) is 1. The van der Waals surface area contributed by atoms with Gasteiger partial charge in [0.15, 0.2) is 16.7 Å². The largest absolute Gasteiger partial charge is 0.454 e. The second-order valence-electron chi connectivity index (χ2n) is 7.71. The lowest BCUT2D eigenvalue weighted by molar-refractivity contribution is -0.138. The minimum Gasteiger partial charge on any atom is -0.454 e. The van der Waals surface area contributed by atoms with E-state index in [9.17, 15) is 22.4 Å². The minimum absolute atomic E-state index is 0.195. The summed E-state index contributed by atoms with van der Waals surface area (Å²) in [5, 5.41) is 9.46. The standard InChI is InChI=1S/C23H18F4N4O2S/c1-30-6-8-31(9-7-30)22-29-21(32)20(34-22)12-14-2-5-19(17(24)11-14)33-18-4-3-15(13-28)10-16(18)23(25,26)27/h2-5,10-12H,6-9H2,1H3/b20-12+. The number of halogens is 4. The van der Waals surface area contributed by atoms with Gasteiger partial charge in [-0.25, -0.2) is 4.39 Å². The first-order valence-corrected chi connectivity index (χ1v) is 11.0. The molecule has 176 valence electrons. The average molecular weight is 490 g/mol. The average Bonchev–Trinajstić information content (AvgIpc) is 3.15. The molecule has 0 radical (unpaired) electrons. The van der Waals surface area contributed by atoms with Crippen LogP contribution in [-0.2, 0) is 11.0 Å². The summed E-state index contributed by atoms with van der Waals surface area (Å²) < 4.78 is 59.9. The Morgan fingerprint density at radius 3 is 2.47 bits per heavy atom. The molecule has 1 fully saturated rings. The van der Waals surface area contributed by atoms with Crippen LogP contribution in [0, 0.1) is 17.1 Å². The van der Waals surface area contributed by atoms with Crippen molar-refractivity contribution in [2.75, 3.05) is 33.2 Å². The molecule has 1 amide bonds. The Hall–Kier alpha value is -3.36. The van der Waals surface area contributed by atoms with E-state index in [4.69, 9.17) is 10.00 Å². The first-order valence-electron chi connectivity index (χ1n) is 10.2. The van der Waals surface area contributed by atoms with Crippen LogP contribution in [-0.4, -0.2) is 54.1 Å². The summed E-state index contributed by atoms with van der Waals surface area (Å²) in [6.07, 6.45) is -3.31. The van der Waals surface area contributed by atoms with E-state index in [1.54, 1.807) is 6.07 Å². The van der Waals surface area contributed by atoms with E-state index in [0.29, 0.717) is 21.7 Å². The van der Waals surface area contributed by atoms with Gasteiger partial charge in [0.1, 0.15) is 5.75 Å². The third kappa shape index (κ3) is 5.24. The van der Waals surface area contributed by atoms with Gasteiger partial charge in [-0.3, -0.25) is 4.79 Å². The molecular weight excluding hydrogens is 472 g/mol. The first kappa shape index (κ1) is 23.8. The maximum Gasteiger partial charge on any atom is 0.420 e. The Bertz CT molecular complexity index is 1230. The number of rotatable bonds is 3. The molecule has 0 spiro atoms. The number of carbonyl (C=O) groups is 1. The predicted octanol–water partition coefficient (Wildman–Crippen LogP) is 4.73. The van der Waals surface area contributed by atoms with Crippen molar-refractivity contribution in [1.29, 1.82) is 5.26 Å². The van der Waals surface area contributed by atoms with Gasteiger partial charge >= 0.3 is 6.18 Å². The van der Waals surface area contributed by atoms with Crippen LogP contribution in [0.3, 0.4) is 0 Å². The highest BCUT2D eigenvalue weighted by Gasteiger charge is 2.35. The van der Waals surface area contributed by atoms with Crippen LogP contribution >= 0.6 is 11.8 Å². The number of amidine groups is 1. The predicted molar refractivity (Wildman–Crippen MR) is 120 cm³/mol. The molecule has 0 aliphatic carbocycles. The van der Waals surface area contributed by atoms with Crippen LogP contribution in [0.5, 0.6) is 11.5 Å². The van der Waals surface area contributed by atoms with Gasteiger partial charge < -0.3 is 14.5 Å². The maximum absolute atomic E-state index is 14.7. The number of hydrogen-bond donors (Lipinski definition) is 0. The Balaban J connectivity index is 1.51. The fraction of sp³-hybridized carbons (Fsp3) is 0.261. The van der Waals surface area contributed by atoms with Crippen LogP contribution in [0.25, 0.3) is 6.08 Å². The molecule has 0 N–H and O–H groups in total. The number of thioether (sulfide) groups is 1. The third-order valence-corrected chi connectivity index (χ3v) is 6.32. The van der Waals surface area contributed by atoms with Gasteiger partial charge in [0.05, 0.1) is 22.1 Å². The highest BCUT2D eigenvalue weighted by Crippen LogP contribution is 2.39. The van der Waals surface area contributed by atoms with E-state index < -0.39 is 35.0 Å². The molecule has 2 heterocycles. The Kier molecular flexibility index (Phi) is 6.63. The number of piperazine rings is 1. The molecule has 6 nitrogen and oxygen atoms in total. The molecule has 34 heavy (non-hydrogen) atoms. The van der Waals surface area contributed by atoms with Gasteiger partial charge in [-0.05, 0) is 60.8 Å². The minimum atomic E-state index is -4.79. The van der Waals surface area contributed by atoms with Crippen molar-refractivity contribution in [3.8, 4) is 17.6 Å². The van der Waals surface area contributed by atoms with E-state index in [0.717, 1.165) is 44.4 Å². The summed E-state index contributed by atoms with van der Waals surface area (Å²) in [4.78, 5) is 20.9. The van der Waals surface area contributed by atoms with Gasteiger partial charge in [0.2, 0.25) is 0 Å². The summed E-state index contributed by atoms with van der Waals surface area (Å²) in [6.45, 7) is 3.21. The zero-order chi connectivity index (χ0) is 24.5. The molecule has 2 aliphatic rings. The van der Waals surface area contributed by atoms with Crippen molar-refractivity contribution in [2.24, 2.45) is 4.99 Å². The van der Waals surface area contributed by atoms with Crippen molar-refractivity contribution in [1.82, 2.24) is 9.80 Å². The summed E-state index contributed by atoms with van der Waals surface area (Å²) in [6, 6.07) is 8.10.